The maximum atomic E-state index is 13.2. The molecule has 3 aromatic rings. The normalized spacial score (nSPS) is 11.5. The van der Waals surface area contributed by atoms with Crippen molar-refractivity contribution >= 4 is 32.9 Å². The quantitative estimate of drug-likeness (QED) is 0.388. The van der Waals surface area contributed by atoms with Gasteiger partial charge in [0.25, 0.3) is 0 Å². The molecule has 0 radical (unpaired) electrons. The zero-order valence-electron chi connectivity index (χ0n) is 16.1. The van der Waals surface area contributed by atoms with Gasteiger partial charge in [0.1, 0.15) is 12.4 Å². The lowest BCUT2D eigenvalue weighted by Crippen LogP contribution is -2.11. The number of esters is 1. The first-order valence-corrected chi connectivity index (χ1v) is 9.74. The van der Waals surface area contributed by atoms with E-state index >= 15 is 0 Å². The standard InChI is InChI=1S/C21H18BrF3O5/c1-3-28-19(26)6-12-4-5-14(21(23,24)25)7-17(12)29-10-13-11-30-20-16(13)8-15(22)9-18(20)27-2/h4-5,7-9,11H,3,6,10H2,1-2H3. The van der Waals surface area contributed by atoms with E-state index in [1.165, 1.54) is 19.4 Å². The van der Waals surface area contributed by atoms with Gasteiger partial charge >= 0.3 is 12.1 Å². The van der Waals surface area contributed by atoms with Crippen molar-refractivity contribution in [1.29, 1.82) is 0 Å². The minimum atomic E-state index is -4.54. The number of halogens is 4. The second-order valence-corrected chi connectivity index (χ2v) is 7.25. The molecule has 5 nitrogen and oxygen atoms in total. The van der Waals surface area contributed by atoms with Crippen LogP contribution in [0, 0.1) is 0 Å². The second kappa shape index (κ2) is 8.99. The van der Waals surface area contributed by atoms with Crippen molar-refractivity contribution in [3.63, 3.8) is 0 Å². The molecule has 0 fully saturated rings. The van der Waals surface area contributed by atoms with E-state index in [-0.39, 0.29) is 25.4 Å². The summed E-state index contributed by atoms with van der Waals surface area (Å²) in [5.74, 6) is -0.0913. The average molecular weight is 487 g/mol. The van der Waals surface area contributed by atoms with Crippen LogP contribution in [0.1, 0.15) is 23.6 Å². The largest absolute Gasteiger partial charge is 0.493 e. The molecule has 3 rings (SSSR count). The van der Waals surface area contributed by atoms with Crippen molar-refractivity contribution in [3.8, 4) is 11.5 Å². The summed E-state index contributed by atoms with van der Waals surface area (Å²) < 4.78 is 61.6. The second-order valence-electron chi connectivity index (χ2n) is 6.34. The molecule has 0 aliphatic heterocycles. The summed E-state index contributed by atoms with van der Waals surface area (Å²) in [6.45, 7) is 1.76. The first kappa shape index (κ1) is 22.0. The van der Waals surface area contributed by atoms with Crippen molar-refractivity contribution in [2.45, 2.75) is 26.1 Å². The molecule has 0 amide bonds. The molecule has 0 saturated heterocycles. The van der Waals surface area contributed by atoms with Crippen molar-refractivity contribution in [1.82, 2.24) is 0 Å². The van der Waals surface area contributed by atoms with Crippen LogP contribution >= 0.6 is 15.9 Å². The van der Waals surface area contributed by atoms with Crippen LogP contribution in [0.3, 0.4) is 0 Å². The van der Waals surface area contributed by atoms with E-state index < -0.39 is 17.7 Å². The van der Waals surface area contributed by atoms with Gasteiger partial charge in [-0.25, -0.2) is 0 Å². The topological polar surface area (TPSA) is 57.9 Å². The molecule has 9 heteroatoms. The van der Waals surface area contributed by atoms with Crippen LogP contribution in [0.5, 0.6) is 11.5 Å². The van der Waals surface area contributed by atoms with Gasteiger partial charge in [-0.05, 0) is 31.2 Å². The molecule has 30 heavy (non-hydrogen) atoms. The predicted molar refractivity (Wildman–Crippen MR) is 107 cm³/mol. The molecule has 2 aromatic carbocycles. The Labute approximate surface area is 178 Å². The van der Waals surface area contributed by atoms with E-state index in [1.807, 2.05) is 0 Å². The van der Waals surface area contributed by atoms with Gasteiger partial charge < -0.3 is 18.6 Å². The minimum absolute atomic E-state index is 0.0470. The highest BCUT2D eigenvalue weighted by atomic mass is 79.9. The summed E-state index contributed by atoms with van der Waals surface area (Å²) in [7, 11) is 1.50. The lowest BCUT2D eigenvalue weighted by atomic mass is 10.1. The number of fused-ring (bicyclic) bond motifs is 1. The lowest BCUT2D eigenvalue weighted by molar-refractivity contribution is -0.142. The van der Waals surface area contributed by atoms with Crippen LogP contribution in [0.4, 0.5) is 13.2 Å². The van der Waals surface area contributed by atoms with E-state index in [1.54, 1.807) is 19.1 Å². The third-order valence-electron chi connectivity index (χ3n) is 4.32. The van der Waals surface area contributed by atoms with Crippen molar-refractivity contribution < 1.29 is 36.6 Å². The molecule has 0 aliphatic carbocycles. The van der Waals surface area contributed by atoms with Gasteiger partial charge in [-0.1, -0.05) is 22.0 Å². The number of benzene rings is 2. The molecule has 0 atom stereocenters. The fourth-order valence-corrected chi connectivity index (χ4v) is 3.36. The van der Waals surface area contributed by atoms with Gasteiger partial charge in [0.15, 0.2) is 11.3 Å². The third kappa shape index (κ3) is 4.89. The number of carbonyl (C=O) groups excluding carboxylic acids is 1. The Morgan fingerprint density at radius 2 is 1.90 bits per heavy atom. The van der Waals surface area contributed by atoms with E-state index in [0.29, 0.717) is 27.8 Å². The summed E-state index contributed by atoms with van der Waals surface area (Å²) in [6.07, 6.45) is -3.29. The molecule has 1 aromatic heterocycles. The third-order valence-corrected chi connectivity index (χ3v) is 4.78. The highest BCUT2D eigenvalue weighted by Crippen LogP contribution is 2.36. The van der Waals surface area contributed by atoms with E-state index in [0.717, 1.165) is 16.6 Å². The van der Waals surface area contributed by atoms with Crippen molar-refractivity contribution in [3.05, 3.63) is 57.8 Å². The number of hydrogen-bond donors (Lipinski definition) is 0. The first-order valence-electron chi connectivity index (χ1n) is 8.95. The zero-order chi connectivity index (χ0) is 21.9. The molecule has 0 aliphatic rings. The Kier molecular flexibility index (Phi) is 6.60. The number of furan rings is 1. The summed E-state index contributed by atoms with van der Waals surface area (Å²) in [5.41, 5.74) is 0.541. The Bertz CT molecular complexity index is 1060. The SMILES string of the molecule is CCOC(=O)Cc1ccc(C(F)(F)F)cc1OCc1coc2c(OC)cc(Br)cc12. The van der Waals surface area contributed by atoms with Gasteiger partial charge in [0, 0.05) is 21.0 Å². The van der Waals surface area contributed by atoms with Crippen molar-refractivity contribution in [2.24, 2.45) is 0 Å². The van der Waals surface area contributed by atoms with Gasteiger partial charge in [0.05, 0.1) is 32.0 Å². The molecular formula is C21H18BrF3O5. The molecule has 160 valence electrons. The van der Waals surface area contributed by atoms with E-state index in [4.69, 9.17) is 18.6 Å². The maximum Gasteiger partial charge on any atom is 0.416 e. The maximum absolute atomic E-state index is 13.2. The fourth-order valence-electron chi connectivity index (χ4n) is 2.92. The first-order chi connectivity index (χ1) is 14.2. The van der Waals surface area contributed by atoms with E-state index in [9.17, 15) is 18.0 Å². The molecule has 0 saturated carbocycles. The average Bonchev–Trinajstić information content (AvgIpc) is 3.08. The summed E-state index contributed by atoms with van der Waals surface area (Å²) in [4.78, 5) is 11.8. The lowest BCUT2D eigenvalue weighted by Gasteiger charge is -2.14. The van der Waals surface area contributed by atoms with Crippen LogP contribution in [0.2, 0.25) is 0 Å². The highest BCUT2D eigenvalue weighted by Gasteiger charge is 2.31. The minimum Gasteiger partial charge on any atom is -0.493 e. The summed E-state index contributed by atoms with van der Waals surface area (Å²) >= 11 is 3.38. The van der Waals surface area contributed by atoms with Crippen LogP contribution in [0.15, 0.2) is 45.5 Å². The number of hydrogen-bond acceptors (Lipinski definition) is 5. The molecule has 0 spiro atoms. The Balaban J connectivity index is 1.92. The number of carbonyl (C=O) groups is 1. The number of rotatable bonds is 7. The molecule has 0 unspecified atom stereocenters. The molecule has 0 N–H and O–H groups in total. The molecule has 0 bridgehead atoms. The predicted octanol–water partition coefficient (Wildman–Crippen LogP) is 5.91. The van der Waals surface area contributed by atoms with Gasteiger partial charge in [-0.2, -0.15) is 13.2 Å². The monoisotopic (exact) mass is 486 g/mol. The Morgan fingerprint density at radius 3 is 2.57 bits per heavy atom. The Morgan fingerprint density at radius 1 is 1.13 bits per heavy atom. The number of alkyl halides is 3. The van der Waals surface area contributed by atoms with Crippen LogP contribution in [-0.2, 0) is 28.7 Å². The van der Waals surface area contributed by atoms with Gasteiger partial charge in [-0.3, -0.25) is 4.79 Å². The number of ether oxygens (including phenoxy) is 3. The van der Waals surface area contributed by atoms with E-state index in [2.05, 4.69) is 15.9 Å². The van der Waals surface area contributed by atoms with Crippen LogP contribution in [-0.4, -0.2) is 19.7 Å². The van der Waals surface area contributed by atoms with Crippen LogP contribution < -0.4 is 9.47 Å². The van der Waals surface area contributed by atoms with Crippen LogP contribution in [0.25, 0.3) is 11.0 Å². The highest BCUT2D eigenvalue weighted by molar-refractivity contribution is 9.10. The smallest absolute Gasteiger partial charge is 0.416 e. The summed E-state index contributed by atoms with van der Waals surface area (Å²) in [6, 6.07) is 6.55. The van der Waals surface area contributed by atoms with Gasteiger partial charge in [-0.15, -0.1) is 0 Å². The van der Waals surface area contributed by atoms with Crippen molar-refractivity contribution in [2.75, 3.05) is 13.7 Å². The fraction of sp³-hybridized carbons (Fsp3) is 0.286. The zero-order valence-corrected chi connectivity index (χ0v) is 17.7. The Hall–Kier alpha value is -2.68. The van der Waals surface area contributed by atoms with Gasteiger partial charge in [0.2, 0.25) is 0 Å². The number of methoxy groups -OCH3 is 1. The molecule has 1 heterocycles. The summed E-state index contributed by atoms with van der Waals surface area (Å²) in [5, 5.41) is 0.695. The molecular weight excluding hydrogens is 469 g/mol.